The molecule has 1 unspecified atom stereocenters. The zero-order valence-electron chi connectivity index (χ0n) is 9.32. The molecule has 1 aromatic heterocycles. The van der Waals surface area contributed by atoms with Crippen molar-refractivity contribution < 1.29 is 9.26 Å². The molecule has 88 valence electrons. The highest BCUT2D eigenvalue weighted by molar-refractivity contribution is 4.93. The maximum absolute atomic E-state index is 5.59. The van der Waals surface area contributed by atoms with Crippen molar-refractivity contribution in [3.8, 4) is 0 Å². The first-order chi connectivity index (χ1) is 7.90. The lowest BCUT2D eigenvalue weighted by atomic mass is 10.2. The van der Waals surface area contributed by atoms with Crippen molar-refractivity contribution in [2.45, 2.75) is 31.8 Å². The van der Waals surface area contributed by atoms with Crippen molar-refractivity contribution in [2.75, 3.05) is 19.7 Å². The molecular formula is C11H17N3O2. The highest BCUT2D eigenvalue weighted by atomic mass is 16.5. The Balaban J connectivity index is 1.54. The summed E-state index contributed by atoms with van der Waals surface area (Å²) in [6, 6.07) is 0. The lowest BCUT2D eigenvalue weighted by Gasteiger charge is -2.21. The van der Waals surface area contributed by atoms with E-state index in [0.29, 0.717) is 5.89 Å². The third-order valence-electron chi connectivity index (χ3n) is 3.09. The minimum Gasteiger partial charge on any atom is -0.375 e. The molecule has 1 aliphatic heterocycles. The van der Waals surface area contributed by atoms with Gasteiger partial charge in [0.2, 0.25) is 5.89 Å². The third kappa shape index (κ3) is 2.59. The second kappa shape index (κ2) is 4.51. The molecule has 0 spiro atoms. The number of hydrogen-bond donors (Lipinski definition) is 1. The van der Waals surface area contributed by atoms with Crippen LogP contribution in [0.3, 0.4) is 0 Å². The highest BCUT2D eigenvalue weighted by Crippen LogP contribution is 2.31. The average Bonchev–Trinajstić information content (AvgIpc) is 3.01. The SMILES string of the molecule is C1COC(Cc2nc(CC3CC3)no2)CN1. The second-order valence-corrected chi connectivity index (χ2v) is 4.65. The summed E-state index contributed by atoms with van der Waals surface area (Å²) in [6.45, 7) is 2.58. The molecule has 0 aromatic carbocycles. The number of morpholine rings is 1. The number of nitrogens with zero attached hydrogens (tertiary/aromatic N) is 2. The smallest absolute Gasteiger partial charge is 0.229 e. The van der Waals surface area contributed by atoms with Gasteiger partial charge >= 0.3 is 0 Å². The molecule has 3 rings (SSSR count). The standard InChI is InChI=1S/C11H17N3O2/c1-2-8(1)5-10-13-11(16-14-10)6-9-7-12-3-4-15-9/h8-9,12H,1-7H2. The van der Waals surface area contributed by atoms with Crippen molar-refractivity contribution in [3.05, 3.63) is 11.7 Å². The monoisotopic (exact) mass is 223 g/mol. The summed E-state index contributed by atoms with van der Waals surface area (Å²) in [5.41, 5.74) is 0. The number of hydrogen-bond acceptors (Lipinski definition) is 5. The van der Waals surface area contributed by atoms with Crippen LogP contribution in [-0.2, 0) is 17.6 Å². The predicted octanol–water partition coefficient (Wildman–Crippen LogP) is 0.553. The van der Waals surface area contributed by atoms with Crippen LogP contribution in [0.15, 0.2) is 4.52 Å². The van der Waals surface area contributed by atoms with E-state index < -0.39 is 0 Å². The van der Waals surface area contributed by atoms with Crippen molar-refractivity contribution in [1.82, 2.24) is 15.5 Å². The Hall–Kier alpha value is -0.940. The number of aromatic nitrogens is 2. The van der Waals surface area contributed by atoms with E-state index in [9.17, 15) is 0 Å². The van der Waals surface area contributed by atoms with Gasteiger partial charge in [-0.1, -0.05) is 5.16 Å². The minimum atomic E-state index is 0.183. The van der Waals surface area contributed by atoms with Gasteiger partial charge < -0.3 is 14.6 Å². The van der Waals surface area contributed by atoms with Gasteiger partial charge in [0.05, 0.1) is 19.1 Å². The topological polar surface area (TPSA) is 60.2 Å². The average molecular weight is 223 g/mol. The van der Waals surface area contributed by atoms with Gasteiger partial charge in [0.1, 0.15) is 0 Å². The Bertz CT molecular complexity index is 343. The lowest BCUT2D eigenvalue weighted by molar-refractivity contribution is 0.0246. The maximum Gasteiger partial charge on any atom is 0.229 e. The molecule has 2 aliphatic rings. The lowest BCUT2D eigenvalue weighted by Crippen LogP contribution is -2.39. The third-order valence-corrected chi connectivity index (χ3v) is 3.09. The zero-order valence-corrected chi connectivity index (χ0v) is 9.32. The molecule has 2 heterocycles. The second-order valence-electron chi connectivity index (χ2n) is 4.65. The fourth-order valence-electron chi connectivity index (χ4n) is 1.98. The molecule has 1 saturated heterocycles. The van der Waals surface area contributed by atoms with Crippen LogP contribution in [-0.4, -0.2) is 35.9 Å². The summed E-state index contributed by atoms with van der Waals surface area (Å²) in [7, 11) is 0. The Morgan fingerprint density at radius 3 is 3.00 bits per heavy atom. The fraction of sp³-hybridized carbons (Fsp3) is 0.818. The van der Waals surface area contributed by atoms with E-state index >= 15 is 0 Å². The summed E-state index contributed by atoms with van der Waals surface area (Å²) in [6.07, 6.45) is 4.53. The highest BCUT2D eigenvalue weighted by Gasteiger charge is 2.24. The predicted molar refractivity (Wildman–Crippen MR) is 57.0 cm³/mol. The molecule has 0 bridgehead atoms. The number of nitrogens with one attached hydrogen (secondary N) is 1. The first-order valence-electron chi connectivity index (χ1n) is 6.04. The summed E-state index contributed by atoms with van der Waals surface area (Å²) < 4.78 is 10.8. The van der Waals surface area contributed by atoms with Crippen molar-refractivity contribution >= 4 is 0 Å². The Kier molecular flexibility index (Phi) is 2.88. The van der Waals surface area contributed by atoms with Gasteiger partial charge in [-0.3, -0.25) is 0 Å². The molecule has 5 heteroatoms. The van der Waals surface area contributed by atoms with Crippen LogP contribution in [0.25, 0.3) is 0 Å². The molecule has 1 saturated carbocycles. The van der Waals surface area contributed by atoms with Crippen molar-refractivity contribution in [3.63, 3.8) is 0 Å². The molecule has 16 heavy (non-hydrogen) atoms. The van der Waals surface area contributed by atoms with Gasteiger partial charge in [-0.2, -0.15) is 4.98 Å². The van der Waals surface area contributed by atoms with Crippen LogP contribution in [0.2, 0.25) is 0 Å². The molecule has 2 fully saturated rings. The van der Waals surface area contributed by atoms with E-state index in [1.54, 1.807) is 0 Å². The first kappa shape index (κ1) is 10.2. The molecule has 0 amide bonds. The minimum absolute atomic E-state index is 0.183. The van der Waals surface area contributed by atoms with Crippen LogP contribution >= 0.6 is 0 Å². The zero-order chi connectivity index (χ0) is 10.8. The van der Waals surface area contributed by atoms with Gasteiger partial charge in [-0.25, -0.2) is 0 Å². The first-order valence-corrected chi connectivity index (χ1v) is 6.04. The summed E-state index contributed by atoms with van der Waals surface area (Å²) in [5.74, 6) is 2.38. The molecule has 0 radical (unpaired) electrons. The van der Waals surface area contributed by atoms with Gasteiger partial charge in [-0.15, -0.1) is 0 Å². The van der Waals surface area contributed by atoms with Gasteiger partial charge in [-0.05, 0) is 18.8 Å². The quantitative estimate of drug-likeness (QED) is 0.808. The van der Waals surface area contributed by atoms with Crippen molar-refractivity contribution in [1.29, 1.82) is 0 Å². The van der Waals surface area contributed by atoms with E-state index in [1.165, 1.54) is 12.8 Å². The van der Waals surface area contributed by atoms with E-state index in [1.807, 2.05) is 0 Å². The van der Waals surface area contributed by atoms with E-state index in [2.05, 4.69) is 15.5 Å². The molecule has 1 N–H and O–H groups in total. The maximum atomic E-state index is 5.59. The van der Waals surface area contributed by atoms with E-state index in [4.69, 9.17) is 9.26 Å². The number of ether oxygens (including phenoxy) is 1. The Morgan fingerprint density at radius 2 is 2.25 bits per heavy atom. The molecule has 5 nitrogen and oxygen atoms in total. The molecule has 1 aliphatic carbocycles. The van der Waals surface area contributed by atoms with Crippen LogP contribution in [0.5, 0.6) is 0 Å². The van der Waals surface area contributed by atoms with Crippen LogP contribution in [0.4, 0.5) is 0 Å². The Labute approximate surface area is 94.6 Å². The largest absolute Gasteiger partial charge is 0.375 e. The van der Waals surface area contributed by atoms with Crippen LogP contribution in [0, 0.1) is 5.92 Å². The summed E-state index contributed by atoms with van der Waals surface area (Å²) >= 11 is 0. The normalized spacial score (nSPS) is 25.9. The van der Waals surface area contributed by atoms with Crippen molar-refractivity contribution in [2.24, 2.45) is 5.92 Å². The summed E-state index contributed by atoms with van der Waals surface area (Å²) in [5, 5.41) is 7.29. The molecular weight excluding hydrogens is 206 g/mol. The summed E-state index contributed by atoms with van der Waals surface area (Å²) in [4.78, 5) is 4.40. The fourth-order valence-corrected chi connectivity index (χ4v) is 1.98. The van der Waals surface area contributed by atoms with Gasteiger partial charge in [0, 0.05) is 19.5 Å². The van der Waals surface area contributed by atoms with Crippen LogP contribution in [0.1, 0.15) is 24.6 Å². The number of rotatable bonds is 4. The van der Waals surface area contributed by atoms with Gasteiger partial charge in [0.25, 0.3) is 0 Å². The Morgan fingerprint density at radius 1 is 1.31 bits per heavy atom. The van der Waals surface area contributed by atoms with E-state index in [-0.39, 0.29) is 6.10 Å². The van der Waals surface area contributed by atoms with Crippen LogP contribution < -0.4 is 5.32 Å². The molecule has 1 aromatic rings. The van der Waals surface area contributed by atoms with E-state index in [0.717, 1.165) is 44.3 Å². The molecule has 1 atom stereocenters. The van der Waals surface area contributed by atoms with Gasteiger partial charge in [0.15, 0.2) is 5.82 Å².